The Hall–Kier alpha value is -2.16. The van der Waals surface area contributed by atoms with Gasteiger partial charge in [0.1, 0.15) is 0 Å². The van der Waals surface area contributed by atoms with Gasteiger partial charge in [0.15, 0.2) is 0 Å². The number of nitrogens with zero attached hydrogens (tertiary/aromatic N) is 1. The SMILES string of the molecule is Cc1cc(C)cc(C(=O)N[C@@H](C)c2ccncc2)c1. The maximum Gasteiger partial charge on any atom is 0.251 e. The average Bonchev–Trinajstić information content (AvgIpc) is 2.38. The number of aryl methyl sites for hydroxylation is 2. The van der Waals surface area contributed by atoms with Crippen LogP contribution in [0.5, 0.6) is 0 Å². The Labute approximate surface area is 113 Å². The molecule has 1 aromatic heterocycles. The minimum Gasteiger partial charge on any atom is -0.346 e. The summed E-state index contributed by atoms with van der Waals surface area (Å²) >= 11 is 0. The minimum atomic E-state index is -0.0453. The van der Waals surface area contributed by atoms with E-state index in [9.17, 15) is 4.79 Å². The van der Waals surface area contributed by atoms with E-state index in [1.54, 1.807) is 12.4 Å². The lowest BCUT2D eigenvalue weighted by Crippen LogP contribution is -2.26. The molecule has 0 fully saturated rings. The molecule has 3 heteroatoms. The van der Waals surface area contributed by atoms with Crippen molar-refractivity contribution in [1.29, 1.82) is 0 Å². The molecule has 1 atom stereocenters. The molecule has 0 aliphatic heterocycles. The Bertz CT molecular complexity index is 558. The molecule has 0 bridgehead atoms. The van der Waals surface area contributed by atoms with Gasteiger partial charge in [-0.25, -0.2) is 0 Å². The van der Waals surface area contributed by atoms with Gasteiger partial charge in [0.25, 0.3) is 5.91 Å². The largest absolute Gasteiger partial charge is 0.346 e. The van der Waals surface area contributed by atoms with Crippen LogP contribution in [-0.2, 0) is 0 Å². The van der Waals surface area contributed by atoms with E-state index in [1.165, 1.54) is 0 Å². The van der Waals surface area contributed by atoms with Crippen LogP contribution in [0.15, 0.2) is 42.7 Å². The average molecular weight is 254 g/mol. The van der Waals surface area contributed by atoms with E-state index in [0.717, 1.165) is 16.7 Å². The Balaban J connectivity index is 2.13. The van der Waals surface area contributed by atoms with Crippen LogP contribution in [0.1, 0.15) is 40.0 Å². The standard InChI is InChI=1S/C16H18N2O/c1-11-8-12(2)10-15(9-11)16(19)18-13(3)14-4-6-17-7-5-14/h4-10,13H,1-3H3,(H,18,19)/t13-/m0/s1. The number of hydrogen-bond donors (Lipinski definition) is 1. The molecule has 0 radical (unpaired) electrons. The topological polar surface area (TPSA) is 42.0 Å². The van der Waals surface area contributed by atoms with E-state index >= 15 is 0 Å². The summed E-state index contributed by atoms with van der Waals surface area (Å²) in [6, 6.07) is 9.65. The molecule has 0 aliphatic rings. The highest BCUT2D eigenvalue weighted by atomic mass is 16.1. The molecule has 1 amide bonds. The predicted octanol–water partition coefficient (Wildman–Crippen LogP) is 3.19. The summed E-state index contributed by atoms with van der Waals surface area (Å²) in [6.45, 7) is 5.96. The zero-order valence-corrected chi connectivity index (χ0v) is 11.5. The van der Waals surface area contributed by atoms with E-state index in [1.807, 2.05) is 45.0 Å². The molecule has 1 heterocycles. The molecule has 3 nitrogen and oxygen atoms in total. The van der Waals surface area contributed by atoms with Crippen LogP contribution in [0.3, 0.4) is 0 Å². The fourth-order valence-corrected chi connectivity index (χ4v) is 2.12. The van der Waals surface area contributed by atoms with Gasteiger partial charge in [-0.1, -0.05) is 17.2 Å². The molecule has 2 aromatic rings. The number of carbonyl (C=O) groups is 1. The lowest BCUT2D eigenvalue weighted by Gasteiger charge is -2.14. The van der Waals surface area contributed by atoms with Gasteiger partial charge in [0.05, 0.1) is 6.04 Å². The maximum atomic E-state index is 12.2. The highest BCUT2D eigenvalue weighted by Gasteiger charge is 2.11. The Morgan fingerprint density at radius 2 is 1.68 bits per heavy atom. The van der Waals surface area contributed by atoms with Gasteiger partial charge < -0.3 is 5.32 Å². The zero-order chi connectivity index (χ0) is 13.8. The Morgan fingerprint density at radius 3 is 2.26 bits per heavy atom. The summed E-state index contributed by atoms with van der Waals surface area (Å²) in [5.74, 6) is -0.0453. The maximum absolute atomic E-state index is 12.2. The number of rotatable bonds is 3. The van der Waals surface area contributed by atoms with Crippen molar-refractivity contribution in [3.8, 4) is 0 Å². The van der Waals surface area contributed by atoms with E-state index in [0.29, 0.717) is 5.56 Å². The number of amides is 1. The van der Waals surface area contributed by atoms with Crippen molar-refractivity contribution in [2.45, 2.75) is 26.8 Å². The number of aromatic nitrogens is 1. The molecule has 0 saturated carbocycles. The van der Waals surface area contributed by atoms with Crippen LogP contribution in [0.2, 0.25) is 0 Å². The van der Waals surface area contributed by atoms with E-state index in [2.05, 4.69) is 16.4 Å². The van der Waals surface area contributed by atoms with Crippen molar-refractivity contribution in [1.82, 2.24) is 10.3 Å². The van der Waals surface area contributed by atoms with Crippen molar-refractivity contribution in [3.05, 3.63) is 65.0 Å². The van der Waals surface area contributed by atoms with Gasteiger partial charge in [-0.05, 0) is 50.6 Å². The van der Waals surface area contributed by atoms with Crippen LogP contribution in [-0.4, -0.2) is 10.9 Å². The van der Waals surface area contributed by atoms with Crippen molar-refractivity contribution >= 4 is 5.91 Å². The lowest BCUT2D eigenvalue weighted by molar-refractivity contribution is 0.0939. The van der Waals surface area contributed by atoms with Crippen LogP contribution in [0.4, 0.5) is 0 Å². The molecule has 0 aliphatic carbocycles. The van der Waals surface area contributed by atoms with Crippen molar-refractivity contribution < 1.29 is 4.79 Å². The second-order valence-electron chi connectivity index (χ2n) is 4.85. The quantitative estimate of drug-likeness (QED) is 0.914. The summed E-state index contributed by atoms with van der Waals surface area (Å²) in [5, 5.41) is 3.00. The molecular formula is C16H18N2O. The molecule has 2 rings (SSSR count). The number of benzene rings is 1. The van der Waals surface area contributed by atoms with Gasteiger partial charge in [0, 0.05) is 18.0 Å². The number of hydrogen-bond acceptors (Lipinski definition) is 2. The second kappa shape index (κ2) is 5.65. The van der Waals surface area contributed by atoms with E-state index < -0.39 is 0 Å². The number of pyridine rings is 1. The first-order chi connectivity index (χ1) is 9.06. The number of carbonyl (C=O) groups excluding carboxylic acids is 1. The summed E-state index contributed by atoms with van der Waals surface area (Å²) in [5.41, 5.74) is 3.95. The monoisotopic (exact) mass is 254 g/mol. The third-order valence-corrected chi connectivity index (χ3v) is 3.04. The first-order valence-electron chi connectivity index (χ1n) is 6.35. The van der Waals surface area contributed by atoms with Crippen LogP contribution < -0.4 is 5.32 Å². The lowest BCUT2D eigenvalue weighted by atomic mass is 10.1. The van der Waals surface area contributed by atoms with Crippen LogP contribution in [0.25, 0.3) is 0 Å². The second-order valence-corrected chi connectivity index (χ2v) is 4.85. The van der Waals surface area contributed by atoms with E-state index in [4.69, 9.17) is 0 Å². The van der Waals surface area contributed by atoms with Crippen molar-refractivity contribution in [2.75, 3.05) is 0 Å². The highest BCUT2D eigenvalue weighted by molar-refractivity contribution is 5.94. The third-order valence-electron chi connectivity index (χ3n) is 3.04. The van der Waals surface area contributed by atoms with Crippen molar-refractivity contribution in [3.63, 3.8) is 0 Å². The fourth-order valence-electron chi connectivity index (χ4n) is 2.12. The highest BCUT2D eigenvalue weighted by Crippen LogP contribution is 2.13. The Kier molecular flexibility index (Phi) is 3.95. The minimum absolute atomic E-state index is 0.0312. The smallest absolute Gasteiger partial charge is 0.251 e. The van der Waals surface area contributed by atoms with E-state index in [-0.39, 0.29) is 11.9 Å². The van der Waals surface area contributed by atoms with Gasteiger partial charge >= 0.3 is 0 Å². The summed E-state index contributed by atoms with van der Waals surface area (Å²) in [4.78, 5) is 16.2. The first kappa shape index (κ1) is 13.3. The predicted molar refractivity (Wildman–Crippen MR) is 76.0 cm³/mol. The zero-order valence-electron chi connectivity index (χ0n) is 11.5. The molecule has 1 aromatic carbocycles. The van der Waals surface area contributed by atoms with Crippen molar-refractivity contribution in [2.24, 2.45) is 0 Å². The van der Waals surface area contributed by atoms with Crippen LogP contribution >= 0.6 is 0 Å². The summed E-state index contributed by atoms with van der Waals surface area (Å²) < 4.78 is 0. The third kappa shape index (κ3) is 3.41. The molecule has 98 valence electrons. The van der Waals surface area contributed by atoms with Gasteiger partial charge in [-0.2, -0.15) is 0 Å². The molecular weight excluding hydrogens is 236 g/mol. The molecule has 19 heavy (non-hydrogen) atoms. The molecule has 0 spiro atoms. The summed E-state index contributed by atoms with van der Waals surface area (Å²) in [7, 11) is 0. The molecule has 1 N–H and O–H groups in total. The molecule has 0 saturated heterocycles. The number of nitrogens with one attached hydrogen (secondary N) is 1. The van der Waals surface area contributed by atoms with Crippen LogP contribution in [0, 0.1) is 13.8 Å². The van der Waals surface area contributed by atoms with Gasteiger partial charge in [-0.3, -0.25) is 9.78 Å². The van der Waals surface area contributed by atoms with Gasteiger partial charge in [-0.15, -0.1) is 0 Å². The normalized spacial score (nSPS) is 11.9. The molecule has 0 unspecified atom stereocenters. The Morgan fingerprint density at radius 1 is 1.11 bits per heavy atom. The summed E-state index contributed by atoms with van der Waals surface area (Å²) in [6.07, 6.45) is 3.46. The van der Waals surface area contributed by atoms with Gasteiger partial charge in [0.2, 0.25) is 0 Å². The fraction of sp³-hybridized carbons (Fsp3) is 0.250. The first-order valence-corrected chi connectivity index (χ1v) is 6.35.